The van der Waals surface area contributed by atoms with Crippen molar-refractivity contribution in [1.82, 2.24) is 9.99 Å². The van der Waals surface area contributed by atoms with Gasteiger partial charge in [-0.3, -0.25) is 4.79 Å². The third kappa shape index (κ3) is 3.00. The topological polar surface area (TPSA) is 86.7 Å². The van der Waals surface area contributed by atoms with Gasteiger partial charge in [-0.2, -0.15) is 0 Å². The maximum Gasteiger partial charge on any atom is 0.429 e. The smallest absolute Gasteiger partial charge is 0.429 e. The summed E-state index contributed by atoms with van der Waals surface area (Å²) in [4.78, 5) is 24.1. The highest BCUT2D eigenvalue weighted by Gasteiger charge is 2.37. The largest absolute Gasteiger partial charge is 0.480 e. The molecule has 0 bridgehead atoms. The van der Waals surface area contributed by atoms with Crippen LogP contribution in [0.2, 0.25) is 0 Å². The van der Waals surface area contributed by atoms with Crippen LogP contribution in [0.1, 0.15) is 19.8 Å². The highest BCUT2D eigenvalue weighted by atomic mass is 31.1. The molecule has 3 atom stereocenters. The Morgan fingerprint density at radius 3 is 2.69 bits per heavy atom. The van der Waals surface area contributed by atoms with Gasteiger partial charge in [0.2, 0.25) is 5.91 Å². The summed E-state index contributed by atoms with van der Waals surface area (Å²) in [5.41, 5.74) is 0. The van der Waals surface area contributed by atoms with Crippen molar-refractivity contribution < 1.29 is 19.3 Å². The Hall–Kier alpha value is -1.00. The summed E-state index contributed by atoms with van der Waals surface area (Å²) in [7, 11) is -1.61. The SMILES string of the molecule is C[C@H](N[P+](C)=O)C(=O)N1CCC[C@H]1C(=O)O. The maximum absolute atomic E-state index is 11.9. The lowest BCUT2D eigenvalue weighted by Gasteiger charge is -2.23. The lowest BCUT2D eigenvalue weighted by atomic mass is 10.2. The number of carbonyl (C=O) groups excluding carboxylic acids is 1. The Kier molecular flexibility index (Phi) is 4.38. The van der Waals surface area contributed by atoms with Gasteiger partial charge in [-0.25, -0.2) is 4.79 Å². The average Bonchev–Trinajstić information content (AvgIpc) is 2.63. The number of carboxylic acid groups (broad SMARTS) is 1. The van der Waals surface area contributed by atoms with Crippen LogP contribution in [0.5, 0.6) is 0 Å². The number of amides is 1. The number of carbonyl (C=O) groups is 2. The summed E-state index contributed by atoms with van der Waals surface area (Å²) in [5.74, 6) is -1.27. The zero-order valence-corrected chi connectivity index (χ0v) is 10.2. The van der Waals surface area contributed by atoms with Crippen LogP contribution in [0.4, 0.5) is 0 Å². The van der Waals surface area contributed by atoms with Gasteiger partial charge in [0.15, 0.2) is 6.66 Å². The Balaban J connectivity index is 2.65. The molecule has 1 heterocycles. The molecule has 0 saturated carbocycles. The number of hydrogen-bond donors (Lipinski definition) is 2. The molecule has 0 radical (unpaired) electrons. The molecule has 90 valence electrons. The summed E-state index contributed by atoms with van der Waals surface area (Å²) >= 11 is 0. The number of aliphatic carboxylic acids is 1. The van der Waals surface area contributed by atoms with Crippen LogP contribution < -0.4 is 5.09 Å². The minimum atomic E-state index is -1.61. The van der Waals surface area contributed by atoms with Crippen LogP contribution in [-0.4, -0.2) is 47.2 Å². The van der Waals surface area contributed by atoms with Crippen LogP contribution in [-0.2, 0) is 14.2 Å². The number of hydrogen-bond acceptors (Lipinski definition) is 3. The van der Waals surface area contributed by atoms with Gasteiger partial charge in [0.25, 0.3) is 0 Å². The minimum Gasteiger partial charge on any atom is -0.480 e. The van der Waals surface area contributed by atoms with Gasteiger partial charge in [0.05, 0.1) is 0 Å². The highest BCUT2D eigenvalue weighted by Crippen LogP contribution is 2.19. The predicted octanol–water partition coefficient (Wildman–Crippen LogP) is 0.412. The van der Waals surface area contributed by atoms with E-state index in [1.165, 1.54) is 11.6 Å². The lowest BCUT2D eigenvalue weighted by molar-refractivity contribution is -0.148. The normalized spacial score (nSPS) is 23.0. The highest BCUT2D eigenvalue weighted by molar-refractivity contribution is 7.41. The second kappa shape index (κ2) is 5.37. The molecule has 6 nitrogen and oxygen atoms in total. The molecular weight excluding hydrogens is 231 g/mol. The first kappa shape index (κ1) is 13.1. The Morgan fingerprint density at radius 2 is 2.19 bits per heavy atom. The predicted molar refractivity (Wildman–Crippen MR) is 58.5 cm³/mol. The molecule has 0 spiro atoms. The molecule has 16 heavy (non-hydrogen) atoms. The van der Waals surface area contributed by atoms with Crippen molar-refractivity contribution in [3.63, 3.8) is 0 Å². The van der Waals surface area contributed by atoms with E-state index in [4.69, 9.17) is 5.11 Å². The quantitative estimate of drug-likeness (QED) is 0.703. The van der Waals surface area contributed by atoms with Crippen molar-refractivity contribution in [3.8, 4) is 0 Å². The molecule has 1 aliphatic rings. The fourth-order valence-corrected chi connectivity index (χ4v) is 2.52. The van der Waals surface area contributed by atoms with E-state index in [1.54, 1.807) is 6.92 Å². The number of rotatable bonds is 4. The molecule has 1 aliphatic heterocycles. The van der Waals surface area contributed by atoms with Gasteiger partial charge >= 0.3 is 13.9 Å². The molecule has 1 rings (SSSR count). The first-order valence-corrected chi connectivity index (χ1v) is 6.84. The second-order valence-electron chi connectivity index (χ2n) is 3.88. The Morgan fingerprint density at radius 1 is 1.56 bits per heavy atom. The Bertz CT molecular complexity index is 321. The first-order chi connectivity index (χ1) is 7.43. The molecule has 0 aromatic heterocycles. The monoisotopic (exact) mass is 247 g/mol. The molecule has 1 amide bonds. The number of nitrogens with one attached hydrogen (secondary N) is 1. The van der Waals surface area contributed by atoms with Crippen molar-refractivity contribution in [3.05, 3.63) is 0 Å². The van der Waals surface area contributed by atoms with Crippen molar-refractivity contribution in [1.29, 1.82) is 0 Å². The zero-order chi connectivity index (χ0) is 12.3. The average molecular weight is 247 g/mol. The van der Waals surface area contributed by atoms with Gasteiger partial charge in [-0.1, -0.05) is 9.65 Å². The van der Waals surface area contributed by atoms with Crippen molar-refractivity contribution in [2.75, 3.05) is 13.2 Å². The van der Waals surface area contributed by atoms with E-state index in [0.29, 0.717) is 19.4 Å². The van der Waals surface area contributed by atoms with E-state index in [2.05, 4.69) is 5.09 Å². The minimum absolute atomic E-state index is 0.296. The van der Waals surface area contributed by atoms with E-state index in [9.17, 15) is 14.2 Å². The molecule has 2 N–H and O–H groups in total. The molecular formula is C9H16N2O4P+. The van der Waals surface area contributed by atoms with E-state index in [-0.39, 0.29) is 5.91 Å². The van der Waals surface area contributed by atoms with E-state index >= 15 is 0 Å². The van der Waals surface area contributed by atoms with Gasteiger partial charge in [0.1, 0.15) is 12.1 Å². The third-order valence-electron chi connectivity index (χ3n) is 2.57. The Labute approximate surface area is 94.8 Å². The summed E-state index contributed by atoms with van der Waals surface area (Å²) in [6, 6.07) is -1.33. The molecule has 1 unspecified atom stereocenters. The van der Waals surface area contributed by atoms with Crippen molar-refractivity contribution in [2.45, 2.75) is 31.8 Å². The summed E-state index contributed by atoms with van der Waals surface area (Å²) in [5, 5.41) is 11.5. The van der Waals surface area contributed by atoms with Crippen LogP contribution in [0.3, 0.4) is 0 Å². The summed E-state index contributed by atoms with van der Waals surface area (Å²) in [6.45, 7) is 3.52. The summed E-state index contributed by atoms with van der Waals surface area (Å²) < 4.78 is 10.9. The second-order valence-corrected chi connectivity index (χ2v) is 5.13. The van der Waals surface area contributed by atoms with Crippen LogP contribution in [0.15, 0.2) is 0 Å². The maximum atomic E-state index is 11.9. The molecule has 1 fully saturated rings. The standard InChI is InChI=1S/C9H15N2O4P/c1-6(10-16(2)15)8(12)11-5-3-4-7(11)9(13)14/h6-7H,3-5H2,1-2H3,(H-,10,13,14,15)/p+1/t6-,7-/m0/s1. The molecule has 0 aliphatic carbocycles. The molecule has 0 aromatic carbocycles. The van der Waals surface area contributed by atoms with Gasteiger partial charge in [-0.05, 0) is 19.8 Å². The fraction of sp³-hybridized carbons (Fsp3) is 0.778. The molecule has 1 saturated heterocycles. The van der Waals surface area contributed by atoms with Crippen molar-refractivity contribution >= 4 is 19.8 Å². The van der Waals surface area contributed by atoms with Crippen LogP contribution in [0, 0.1) is 0 Å². The molecule has 0 aromatic rings. The number of nitrogens with zero attached hydrogens (tertiary/aromatic N) is 1. The van der Waals surface area contributed by atoms with E-state index < -0.39 is 26.0 Å². The zero-order valence-electron chi connectivity index (χ0n) is 9.34. The molecule has 7 heteroatoms. The van der Waals surface area contributed by atoms with Gasteiger partial charge < -0.3 is 10.0 Å². The van der Waals surface area contributed by atoms with Crippen LogP contribution >= 0.6 is 7.95 Å². The number of carboxylic acids is 1. The third-order valence-corrected chi connectivity index (χ3v) is 3.32. The van der Waals surface area contributed by atoms with Crippen LogP contribution in [0.25, 0.3) is 0 Å². The lowest BCUT2D eigenvalue weighted by Crippen LogP contribution is -2.47. The van der Waals surface area contributed by atoms with Gasteiger partial charge in [0, 0.05) is 6.54 Å². The van der Waals surface area contributed by atoms with E-state index in [0.717, 1.165) is 0 Å². The van der Waals surface area contributed by atoms with Crippen molar-refractivity contribution in [2.24, 2.45) is 0 Å². The fourth-order valence-electron chi connectivity index (χ4n) is 1.86. The first-order valence-electron chi connectivity index (χ1n) is 5.13. The van der Waals surface area contributed by atoms with E-state index in [1.807, 2.05) is 0 Å². The number of likely N-dealkylation sites (tertiary alicyclic amines) is 1. The van der Waals surface area contributed by atoms with Gasteiger partial charge in [-0.15, -0.1) is 0 Å². The summed E-state index contributed by atoms with van der Waals surface area (Å²) in [6.07, 6.45) is 1.19.